The van der Waals surface area contributed by atoms with E-state index in [9.17, 15) is 23.3 Å². The molecule has 0 heterocycles. The molecular weight excluding hydrogens is 396 g/mol. The summed E-state index contributed by atoms with van der Waals surface area (Å²) in [7, 11) is -4.17. The number of hydrogen-bond acceptors (Lipinski definition) is 6. The van der Waals surface area contributed by atoms with Crippen LogP contribution >= 0.6 is 0 Å². The molecule has 0 amide bonds. The first-order chi connectivity index (χ1) is 13.6. The molecule has 154 valence electrons. The molecule has 0 unspecified atom stereocenters. The molecule has 0 aromatic heterocycles. The van der Waals surface area contributed by atoms with Gasteiger partial charge in [0.25, 0.3) is 15.7 Å². The van der Waals surface area contributed by atoms with Gasteiger partial charge in [0.2, 0.25) is 0 Å². The Morgan fingerprint density at radius 3 is 2.45 bits per heavy atom. The fourth-order valence-corrected chi connectivity index (χ4v) is 4.50. The number of aryl methyl sites for hydroxylation is 2. The number of anilines is 1. The monoisotopic (exact) mass is 418 g/mol. The molecule has 0 aliphatic heterocycles. The van der Waals surface area contributed by atoms with Crippen molar-refractivity contribution < 1.29 is 22.9 Å². The van der Waals surface area contributed by atoms with Crippen LogP contribution in [-0.4, -0.2) is 32.5 Å². The smallest absolute Gasteiger partial charge is 0.338 e. The Hall–Kier alpha value is -3.20. The van der Waals surface area contributed by atoms with Crippen molar-refractivity contribution in [2.45, 2.75) is 25.7 Å². The highest BCUT2D eigenvalue weighted by molar-refractivity contribution is 7.92. The van der Waals surface area contributed by atoms with Crippen LogP contribution in [0.2, 0.25) is 0 Å². The van der Waals surface area contributed by atoms with Crippen LogP contribution < -0.4 is 4.31 Å². The lowest BCUT2D eigenvalue weighted by Crippen LogP contribution is -2.32. The third-order valence-corrected chi connectivity index (χ3v) is 6.16. The second kappa shape index (κ2) is 8.87. The van der Waals surface area contributed by atoms with Crippen molar-refractivity contribution in [3.05, 3.63) is 75.9 Å². The maximum Gasteiger partial charge on any atom is 0.338 e. The van der Waals surface area contributed by atoms with E-state index in [-0.39, 0.29) is 35.0 Å². The minimum absolute atomic E-state index is 0.0857. The van der Waals surface area contributed by atoms with Gasteiger partial charge in [0, 0.05) is 12.1 Å². The molecule has 2 aromatic rings. The number of nitro groups is 1. The molecule has 29 heavy (non-hydrogen) atoms. The van der Waals surface area contributed by atoms with Crippen LogP contribution in [-0.2, 0) is 14.8 Å². The van der Waals surface area contributed by atoms with E-state index in [1.54, 1.807) is 32.9 Å². The average molecular weight is 418 g/mol. The van der Waals surface area contributed by atoms with Crippen LogP contribution in [0.3, 0.4) is 0 Å². The highest BCUT2D eigenvalue weighted by Gasteiger charge is 2.29. The van der Waals surface area contributed by atoms with Crippen molar-refractivity contribution in [1.29, 1.82) is 0 Å². The standard InChI is InChI=1S/C20H22N2O6S/c1-5-11-21(18-12-16(9-7-14(18)3)20(23)28-6-2)29(26,27)19-13-17(22(24)25)10-8-15(19)4/h5,7-10,12-13H,1,6,11H2,2-4H3. The van der Waals surface area contributed by atoms with E-state index in [2.05, 4.69) is 6.58 Å². The van der Waals surface area contributed by atoms with Gasteiger partial charge >= 0.3 is 5.97 Å². The largest absolute Gasteiger partial charge is 0.462 e. The Balaban J connectivity index is 2.67. The Labute approximate surface area is 169 Å². The van der Waals surface area contributed by atoms with Gasteiger partial charge in [-0.15, -0.1) is 6.58 Å². The summed E-state index contributed by atoms with van der Waals surface area (Å²) in [6.45, 7) is 8.65. The van der Waals surface area contributed by atoms with Gasteiger partial charge in [-0.25, -0.2) is 13.2 Å². The van der Waals surface area contributed by atoms with Gasteiger partial charge in [0.05, 0.1) is 34.2 Å². The van der Waals surface area contributed by atoms with Gasteiger partial charge in [0.1, 0.15) is 0 Å². The van der Waals surface area contributed by atoms with Gasteiger partial charge in [-0.2, -0.15) is 0 Å². The zero-order chi connectivity index (χ0) is 21.8. The number of carbonyl (C=O) groups excluding carboxylic acids is 1. The molecule has 2 aromatic carbocycles. The van der Waals surface area contributed by atoms with Crippen LogP contribution in [0.1, 0.15) is 28.4 Å². The number of sulfonamides is 1. The first kappa shape index (κ1) is 22.1. The lowest BCUT2D eigenvalue weighted by Gasteiger charge is -2.26. The van der Waals surface area contributed by atoms with Gasteiger partial charge in [-0.1, -0.05) is 18.2 Å². The van der Waals surface area contributed by atoms with Crippen molar-refractivity contribution in [3.8, 4) is 0 Å². The molecule has 2 rings (SSSR count). The number of rotatable bonds is 8. The molecule has 0 aliphatic carbocycles. The van der Waals surface area contributed by atoms with Crippen molar-refractivity contribution in [3.63, 3.8) is 0 Å². The van der Waals surface area contributed by atoms with Crippen LogP contribution in [0.15, 0.2) is 53.9 Å². The molecule has 0 atom stereocenters. The van der Waals surface area contributed by atoms with Crippen LogP contribution in [0.5, 0.6) is 0 Å². The van der Waals surface area contributed by atoms with E-state index in [0.29, 0.717) is 11.1 Å². The summed E-state index contributed by atoms with van der Waals surface area (Å²) in [5, 5.41) is 11.1. The normalized spacial score (nSPS) is 11.0. The summed E-state index contributed by atoms with van der Waals surface area (Å²) in [5.41, 5.74) is 1.11. The van der Waals surface area contributed by atoms with E-state index >= 15 is 0 Å². The number of non-ortho nitro benzene ring substituents is 1. The predicted molar refractivity (Wildman–Crippen MR) is 110 cm³/mol. The van der Waals surface area contributed by atoms with Crippen molar-refractivity contribution in [1.82, 2.24) is 0 Å². The van der Waals surface area contributed by atoms with Crippen LogP contribution in [0.25, 0.3) is 0 Å². The molecule has 0 bridgehead atoms. The van der Waals surface area contributed by atoms with E-state index in [1.165, 1.54) is 24.3 Å². The second-order valence-electron chi connectivity index (χ2n) is 6.25. The van der Waals surface area contributed by atoms with Crippen molar-refractivity contribution in [2.75, 3.05) is 17.5 Å². The third kappa shape index (κ3) is 4.62. The Morgan fingerprint density at radius 1 is 1.21 bits per heavy atom. The molecule has 8 nitrogen and oxygen atoms in total. The molecule has 0 aliphatic rings. The number of ether oxygens (including phenoxy) is 1. The molecule has 0 saturated heterocycles. The number of hydrogen-bond donors (Lipinski definition) is 0. The summed E-state index contributed by atoms with van der Waals surface area (Å²) in [6.07, 6.45) is 1.40. The summed E-state index contributed by atoms with van der Waals surface area (Å²) >= 11 is 0. The topological polar surface area (TPSA) is 107 Å². The molecule has 0 saturated carbocycles. The Bertz CT molecular complexity index is 1060. The third-order valence-electron chi connectivity index (χ3n) is 4.23. The molecule has 9 heteroatoms. The minimum atomic E-state index is -4.17. The SMILES string of the molecule is C=CCN(c1cc(C(=O)OCC)ccc1C)S(=O)(=O)c1cc([N+](=O)[O-])ccc1C. The minimum Gasteiger partial charge on any atom is -0.462 e. The highest BCUT2D eigenvalue weighted by atomic mass is 32.2. The van der Waals surface area contributed by atoms with Crippen LogP contribution in [0.4, 0.5) is 11.4 Å². The average Bonchev–Trinajstić information content (AvgIpc) is 2.66. The fraction of sp³-hybridized carbons (Fsp3) is 0.250. The number of carbonyl (C=O) groups is 1. The first-order valence-electron chi connectivity index (χ1n) is 8.80. The van der Waals surface area contributed by atoms with E-state index in [0.717, 1.165) is 10.4 Å². The van der Waals surface area contributed by atoms with E-state index < -0.39 is 20.9 Å². The van der Waals surface area contributed by atoms with Crippen LogP contribution in [0, 0.1) is 24.0 Å². The Morgan fingerprint density at radius 2 is 1.86 bits per heavy atom. The molecule has 0 N–H and O–H groups in total. The maximum atomic E-state index is 13.4. The van der Waals surface area contributed by atoms with Gasteiger partial charge in [0.15, 0.2) is 0 Å². The first-order valence-corrected chi connectivity index (χ1v) is 10.2. The number of esters is 1. The number of benzene rings is 2. The quantitative estimate of drug-likeness (QED) is 0.280. The molecular formula is C20H22N2O6S. The fourth-order valence-electron chi connectivity index (χ4n) is 2.76. The summed E-state index contributed by atoms with van der Waals surface area (Å²) in [4.78, 5) is 22.4. The van der Waals surface area contributed by atoms with Gasteiger partial charge in [-0.3, -0.25) is 14.4 Å². The van der Waals surface area contributed by atoms with E-state index in [1.807, 2.05) is 0 Å². The number of nitrogens with zero attached hydrogens (tertiary/aromatic N) is 2. The molecule has 0 fully saturated rings. The van der Waals surface area contributed by atoms with Crippen molar-refractivity contribution in [2.24, 2.45) is 0 Å². The second-order valence-corrected chi connectivity index (χ2v) is 8.08. The number of nitro benzene ring substituents is 1. The summed E-state index contributed by atoms with van der Waals surface area (Å²) in [5.74, 6) is -0.573. The lowest BCUT2D eigenvalue weighted by molar-refractivity contribution is -0.385. The zero-order valence-electron chi connectivity index (χ0n) is 16.4. The summed E-state index contributed by atoms with van der Waals surface area (Å²) in [6, 6.07) is 8.27. The maximum absolute atomic E-state index is 13.4. The Kier molecular flexibility index (Phi) is 6.76. The zero-order valence-corrected chi connectivity index (χ0v) is 17.2. The highest BCUT2D eigenvalue weighted by Crippen LogP contribution is 2.31. The molecule has 0 spiro atoms. The van der Waals surface area contributed by atoms with Crippen molar-refractivity contribution >= 4 is 27.4 Å². The predicted octanol–water partition coefficient (Wildman–Crippen LogP) is 3.77. The lowest BCUT2D eigenvalue weighted by atomic mass is 10.1. The van der Waals surface area contributed by atoms with E-state index in [4.69, 9.17) is 4.74 Å². The van der Waals surface area contributed by atoms with Gasteiger partial charge in [-0.05, 0) is 44.0 Å². The summed E-state index contributed by atoms with van der Waals surface area (Å²) < 4.78 is 32.9. The van der Waals surface area contributed by atoms with Gasteiger partial charge < -0.3 is 4.74 Å². The molecule has 0 radical (unpaired) electrons.